The van der Waals surface area contributed by atoms with Gasteiger partial charge in [0.2, 0.25) is 0 Å². The van der Waals surface area contributed by atoms with Crippen molar-refractivity contribution in [3.05, 3.63) is 36.3 Å². The Labute approximate surface area is 98.9 Å². The zero-order chi connectivity index (χ0) is 13.3. The molecule has 0 amide bonds. The standard InChI is InChI=1S/C8H10N2O5S2/c1-2-16(11,12)10(9)7-5-3-4-6-8(7)17(13,14)15/h2-6H,1,9H2,(H,13,14,15). The van der Waals surface area contributed by atoms with Gasteiger partial charge in [0, 0.05) is 5.41 Å². The van der Waals surface area contributed by atoms with Gasteiger partial charge in [0.05, 0.1) is 5.69 Å². The number of sulfonamides is 1. The van der Waals surface area contributed by atoms with Gasteiger partial charge in [0.1, 0.15) is 4.90 Å². The first-order valence-corrected chi connectivity index (χ1v) is 7.13. The van der Waals surface area contributed by atoms with E-state index in [-0.39, 0.29) is 10.1 Å². The van der Waals surface area contributed by atoms with Crippen LogP contribution in [-0.4, -0.2) is 21.4 Å². The first kappa shape index (κ1) is 13.6. The van der Waals surface area contributed by atoms with E-state index in [4.69, 9.17) is 10.4 Å². The molecule has 0 atom stereocenters. The maximum atomic E-state index is 11.4. The van der Waals surface area contributed by atoms with Crippen LogP contribution >= 0.6 is 0 Å². The Morgan fingerprint density at radius 1 is 1.24 bits per heavy atom. The molecule has 0 saturated carbocycles. The summed E-state index contributed by atoms with van der Waals surface area (Å²) < 4.78 is 54.0. The van der Waals surface area contributed by atoms with Crippen LogP contribution in [-0.2, 0) is 20.1 Å². The van der Waals surface area contributed by atoms with Crippen LogP contribution in [0.25, 0.3) is 0 Å². The van der Waals surface area contributed by atoms with Crippen molar-refractivity contribution in [2.24, 2.45) is 5.84 Å². The largest absolute Gasteiger partial charge is 0.296 e. The lowest BCUT2D eigenvalue weighted by atomic mass is 10.3. The summed E-state index contributed by atoms with van der Waals surface area (Å²) in [5.74, 6) is 5.28. The quantitative estimate of drug-likeness (QED) is 0.457. The lowest BCUT2D eigenvalue weighted by Gasteiger charge is -2.18. The van der Waals surface area contributed by atoms with Gasteiger partial charge < -0.3 is 0 Å². The molecular weight excluding hydrogens is 268 g/mol. The molecule has 0 bridgehead atoms. The molecule has 7 nitrogen and oxygen atoms in total. The monoisotopic (exact) mass is 278 g/mol. The average molecular weight is 278 g/mol. The molecule has 0 heterocycles. The van der Waals surface area contributed by atoms with Gasteiger partial charge in [-0.15, -0.1) is 0 Å². The van der Waals surface area contributed by atoms with Crippen molar-refractivity contribution >= 4 is 25.8 Å². The lowest BCUT2D eigenvalue weighted by molar-refractivity contribution is 0.483. The Hall–Kier alpha value is -1.42. The fraction of sp³-hybridized carbons (Fsp3) is 0. The molecule has 0 radical (unpaired) electrons. The van der Waals surface area contributed by atoms with E-state index in [9.17, 15) is 16.8 Å². The van der Waals surface area contributed by atoms with Crippen LogP contribution < -0.4 is 10.3 Å². The topological polar surface area (TPSA) is 118 Å². The highest BCUT2D eigenvalue weighted by molar-refractivity contribution is 7.95. The first-order valence-electron chi connectivity index (χ1n) is 4.19. The number of hydrazine groups is 1. The highest BCUT2D eigenvalue weighted by Crippen LogP contribution is 2.24. The van der Waals surface area contributed by atoms with Crippen LogP contribution in [0.3, 0.4) is 0 Å². The third-order valence-electron chi connectivity index (χ3n) is 1.87. The molecule has 0 fully saturated rings. The molecule has 94 valence electrons. The second-order valence-electron chi connectivity index (χ2n) is 2.95. The Morgan fingerprint density at radius 3 is 2.24 bits per heavy atom. The molecule has 0 aliphatic rings. The van der Waals surface area contributed by atoms with Crippen molar-refractivity contribution in [3.63, 3.8) is 0 Å². The SMILES string of the molecule is C=CS(=O)(=O)N(N)c1ccccc1S(=O)(=O)O. The first-order chi connectivity index (χ1) is 7.70. The van der Waals surface area contributed by atoms with Crippen LogP contribution in [0.4, 0.5) is 5.69 Å². The van der Waals surface area contributed by atoms with Crippen molar-refractivity contribution in [2.45, 2.75) is 4.90 Å². The minimum atomic E-state index is -4.57. The van der Waals surface area contributed by atoms with Crippen molar-refractivity contribution in [3.8, 4) is 0 Å². The molecule has 0 saturated heterocycles. The third-order valence-corrected chi connectivity index (χ3v) is 3.93. The third kappa shape index (κ3) is 2.82. The molecular formula is C8H10N2O5S2. The summed E-state index contributed by atoms with van der Waals surface area (Å²) in [5, 5.41) is 0.563. The molecule has 0 aromatic heterocycles. The minimum Gasteiger partial charge on any atom is -0.282 e. The van der Waals surface area contributed by atoms with Crippen LogP contribution in [0.1, 0.15) is 0 Å². The fourth-order valence-corrected chi connectivity index (χ4v) is 2.41. The number of nitrogens with zero attached hydrogens (tertiary/aromatic N) is 1. The van der Waals surface area contributed by atoms with E-state index in [1.54, 1.807) is 0 Å². The van der Waals surface area contributed by atoms with Crippen LogP contribution in [0.15, 0.2) is 41.1 Å². The van der Waals surface area contributed by atoms with E-state index in [0.29, 0.717) is 5.41 Å². The molecule has 0 unspecified atom stereocenters. The number of nitrogens with two attached hydrogens (primary N) is 1. The normalized spacial score (nSPS) is 12.1. The van der Waals surface area contributed by atoms with Crippen molar-refractivity contribution in [1.82, 2.24) is 0 Å². The van der Waals surface area contributed by atoms with E-state index in [1.165, 1.54) is 12.1 Å². The van der Waals surface area contributed by atoms with E-state index < -0.39 is 25.0 Å². The Kier molecular flexibility index (Phi) is 3.57. The second-order valence-corrected chi connectivity index (χ2v) is 6.10. The van der Waals surface area contributed by atoms with Gasteiger partial charge in [-0.2, -0.15) is 8.42 Å². The van der Waals surface area contributed by atoms with Crippen LogP contribution in [0.2, 0.25) is 0 Å². The van der Waals surface area contributed by atoms with Gasteiger partial charge in [0.25, 0.3) is 20.1 Å². The average Bonchev–Trinajstić information content (AvgIpc) is 2.27. The van der Waals surface area contributed by atoms with Gasteiger partial charge in [-0.05, 0) is 12.1 Å². The van der Waals surface area contributed by atoms with Gasteiger partial charge in [0.15, 0.2) is 0 Å². The predicted molar refractivity (Wildman–Crippen MR) is 62.0 cm³/mol. The van der Waals surface area contributed by atoms with Crippen molar-refractivity contribution < 1.29 is 21.4 Å². The number of hydrogen-bond acceptors (Lipinski definition) is 5. The molecule has 1 rings (SSSR count). The number of hydrogen-bond donors (Lipinski definition) is 2. The number of benzene rings is 1. The number of rotatable bonds is 4. The second kappa shape index (κ2) is 4.45. The summed E-state index contributed by atoms with van der Waals surface area (Å²) in [6, 6.07) is 4.87. The number of para-hydroxylation sites is 1. The lowest BCUT2D eigenvalue weighted by Crippen LogP contribution is -2.36. The van der Waals surface area contributed by atoms with E-state index in [1.807, 2.05) is 0 Å². The molecule has 9 heteroatoms. The van der Waals surface area contributed by atoms with Gasteiger partial charge >= 0.3 is 0 Å². The molecule has 0 aliphatic heterocycles. The summed E-state index contributed by atoms with van der Waals surface area (Å²) in [7, 11) is -8.60. The van der Waals surface area contributed by atoms with Crippen molar-refractivity contribution in [2.75, 3.05) is 4.41 Å². The van der Waals surface area contributed by atoms with Crippen molar-refractivity contribution in [1.29, 1.82) is 0 Å². The summed E-state index contributed by atoms with van der Waals surface area (Å²) >= 11 is 0. The summed E-state index contributed by atoms with van der Waals surface area (Å²) in [5.41, 5.74) is -0.366. The van der Waals surface area contributed by atoms with E-state index in [0.717, 1.165) is 12.1 Å². The maximum absolute atomic E-state index is 11.4. The molecule has 0 spiro atoms. The van der Waals surface area contributed by atoms with Gasteiger partial charge in [-0.3, -0.25) is 4.55 Å². The summed E-state index contributed by atoms with van der Waals surface area (Å²) in [4.78, 5) is -0.604. The number of anilines is 1. The van der Waals surface area contributed by atoms with Gasteiger partial charge in [-0.1, -0.05) is 18.7 Å². The van der Waals surface area contributed by atoms with Gasteiger partial charge in [-0.25, -0.2) is 18.7 Å². The highest BCUT2D eigenvalue weighted by Gasteiger charge is 2.23. The Balaban J connectivity index is 3.49. The zero-order valence-corrected chi connectivity index (χ0v) is 10.1. The smallest absolute Gasteiger partial charge is 0.282 e. The molecule has 0 aliphatic carbocycles. The molecule has 1 aromatic carbocycles. The minimum absolute atomic E-state index is 0.225. The predicted octanol–water partition coefficient (Wildman–Crippen LogP) is 0.0867. The Morgan fingerprint density at radius 2 is 1.76 bits per heavy atom. The maximum Gasteiger partial charge on any atom is 0.296 e. The molecule has 1 aromatic rings. The zero-order valence-electron chi connectivity index (χ0n) is 8.52. The molecule has 17 heavy (non-hydrogen) atoms. The van der Waals surface area contributed by atoms with E-state index >= 15 is 0 Å². The highest BCUT2D eigenvalue weighted by atomic mass is 32.2. The van der Waals surface area contributed by atoms with Crippen LogP contribution in [0, 0.1) is 0 Å². The Bertz CT molecular complexity index is 636. The summed E-state index contributed by atoms with van der Waals surface area (Å²) in [6.45, 7) is 3.05. The van der Waals surface area contributed by atoms with Crippen LogP contribution in [0.5, 0.6) is 0 Å². The van der Waals surface area contributed by atoms with E-state index in [2.05, 4.69) is 6.58 Å². The summed E-state index contributed by atoms with van der Waals surface area (Å²) in [6.07, 6.45) is 0. The fourth-order valence-electron chi connectivity index (χ4n) is 1.07. The molecule has 3 N–H and O–H groups in total.